The van der Waals surface area contributed by atoms with Gasteiger partial charge in [-0.1, -0.05) is 0 Å². The minimum absolute atomic E-state index is 0.392. The van der Waals surface area contributed by atoms with Crippen LogP contribution in [-0.4, -0.2) is 27.3 Å². The van der Waals surface area contributed by atoms with Crippen molar-refractivity contribution < 1.29 is 16.9 Å². The fraction of sp³-hybridized carbons (Fsp3) is 0. The predicted octanol–water partition coefficient (Wildman–Crippen LogP) is -0.0817. The van der Waals surface area contributed by atoms with E-state index in [1.54, 1.807) is 0 Å². The molecule has 6 nitrogen and oxygen atoms in total. The Hall–Kier alpha value is -0.622. The molecule has 1 aromatic carbocycles. The number of nitro groups is 1. The van der Waals surface area contributed by atoms with Gasteiger partial charge in [0.2, 0.25) is 0 Å². The summed E-state index contributed by atoms with van der Waals surface area (Å²) >= 11 is -2.25. The first-order valence-electron chi connectivity index (χ1n) is 3.32. The van der Waals surface area contributed by atoms with Crippen LogP contribution in [0.5, 0.6) is 0 Å². The molecule has 0 amide bonds. The molecule has 0 aliphatic rings. The van der Waals surface area contributed by atoms with E-state index in [2.05, 4.69) is 15.9 Å². The Balaban J connectivity index is 3.46. The Morgan fingerprint density at radius 2 is 2.00 bits per heavy atom. The molecule has 0 unspecified atom stereocenters. The van der Waals surface area contributed by atoms with E-state index in [1.165, 1.54) is 6.07 Å². The molecule has 0 atom stereocenters. The molecule has 1 aromatic rings. The maximum absolute atomic E-state index is 10.9. The predicted molar refractivity (Wildman–Crippen MR) is 51.3 cm³/mol. The summed E-state index contributed by atoms with van der Waals surface area (Å²) in [5.41, 5.74) is -0.555. The molecule has 0 fully saturated rings. The number of halogens is 1. The second-order valence-electron chi connectivity index (χ2n) is 2.43. The van der Waals surface area contributed by atoms with E-state index in [9.17, 15) is 13.9 Å². The maximum atomic E-state index is 10.9. The molecule has 0 spiro atoms. The first-order chi connectivity index (χ1) is 6.32. The van der Waals surface area contributed by atoms with E-state index < -0.39 is 29.1 Å². The van der Waals surface area contributed by atoms with E-state index in [4.69, 9.17) is 8.19 Å². The monoisotopic (exact) mass is 325 g/mol. The molecule has 0 saturated carbocycles. The zero-order chi connectivity index (χ0) is 10.9. The van der Waals surface area contributed by atoms with Crippen molar-refractivity contribution in [2.45, 2.75) is 0 Å². The molecule has 0 saturated heterocycles. The minimum atomic E-state index is -5.23. The van der Waals surface area contributed by atoms with Crippen LogP contribution in [-0.2, 0) is 3.74 Å². The molecule has 0 aliphatic heterocycles. The number of hydrogen-bond acceptors (Lipinski definition) is 3. The molecule has 0 radical (unpaired) electrons. The van der Waals surface area contributed by atoms with Crippen molar-refractivity contribution >= 4 is 40.1 Å². The van der Waals surface area contributed by atoms with Gasteiger partial charge in [0.1, 0.15) is 0 Å². The second kappa shape index (κ2) is 3.86. The third-order valence-corrected chi connectivity index (χ3v) is 4.01. The Bertz CT molecular complexity index is 428. The first-order valence-corrected chi connectivity index (χ1v) is 7.50. The average Bonchev–Trinajstić information content (AvgIpc) is 2.01. The molecular formula is C6H5AsBrNO5. The fourth-order valence-corrected chi connectivity index (χ4v) is 3.23. The van der Waals surface area contributed by atoms with Crippen LogP contribution in [0.25, 0.3) is 0 Å². The molecule has 0 aliphatic carbocycles. The molecule has 0 heterocycles. The number of benzene rings is 1. The average molecular weight is 326 g/mol. The molecule has 76 valence electrons. The topological polar surface area (TPSA) is 101 Å². The van der Waals surface area contributed by atoms with E-state index in [0.29, 0.717) is 4.47 Å². The zero-order valence-corrected chi connectivity index (χ0v) is 10.1. The fourth-order valence-electron chi connectivity index (χ4n) is 0.884. The SMILES string of the molecule is O=[N+]([O-])c1ccc(Br)cc1[As](=O)(O)O. The Kier molecular flexibility index (Phi) is 3.16. The quantitative estimate of drug-likeness (QED) is 0.450. The van der Waals surface area contributed by atoms with Gasteiger partial charge in [0.25, 0.3) is 0 Å². The number of hydrogen-bond donors (Lipinski definition) is 2. The summed E-state index contributed by atoms with van der Waals surface area (Å²) in [4.78, 5) is 9.62. The summed E-state index contributed by atoms with van der Waals surface area (Å²) < 4.78 is 28.6. The number of nitrogens with zero attached hydrogens (tertiary/aromatic N) is 1. The third kappa shape index (κ3) is 2.45. The first kappa shape index (κ1) is 11.5. The van der Waals surface area contributed by atoms with Gasteiger partial charge in [-0.05, 0) is 0 Å². The normalized spacial score (nSPS) is 11.4. The van der Waals surface area contributed by atoms with Crippen molar-refractivity contribution in [1.82, 2.24) is 0 Å². The van der Waals surface area contributed by atoms with Crippen LogP contribution in [0.2, 0.25) is 0 Å². The van der Waals surface area contributed by atoms with Crippen LogP contribution in [0.1, 0.15) is 0 Å². The van der Waals surface area contributed by atoms with Gasteiger partial charge >= 0.3 is 89.8 Å². The van der Waals surface area contributed by atoms with E-state index >= 15 is 0 Å². The van der Waals surface area contributed by atoms with Gasteiger partial charge in [-0.2, -0.15) is 0 Å². The number of rotatable bonds is 2. The van der Waals surface area contributed by atoms with E-state index in [0.717, 1.165) is 12.1 Å². The van der Waals surface area contributed by atoms with Gasteiger partial charge in [0.15, 0.2) is 0 Å². The summed E-state index contributed by atoms with van der Waals surface area (Å²) in [6, 6.07) is 3.48. The molecule has 8 heteroatoms. The number of nitro benzene ring substituents is 1. The summed E-state index contributed by atoms with van der Waals surface area (Å²) in [6.45, 7) is 0. The molecule has 2 N–H and O–H groups in total. The summed E-state index contributed by atoms with van der Waals surface area (Å²) in [7, 11) is 0. The Morgan fingerprint density at radius 1 is 1.43 bits per heavy atom. The van der Waals surface area contributed by atoms with Gasteiger partial charge in [-0.3, -0.25) is 0 Å². The van der Waals surface area contributed by atoms with Crippen molar-refractivity contribution in [2.75, 3.05) is 0 Å². The van der Waals surface area contributed by atoms with Gasteiger partial charge in [0, 0.05) is 0 Å². The van der Waals surface area contributed by atoms with Gasteiger partial charge in [-0.15, -0.1) is 0 Å². The van der Waals surface area contributed by atoms with Crippen molar-refractivity contribution in [3.63, 3.8) is 0 Å². The van der Waals surface area contributed by atoms with Crippen LogP contribution in [0, 0.1) is 10.1 Å². The third-order valence-electron chi connectivity index (χ3n) is 1.45. The molecular weight excluding hydrogens is 321 g/mol. The molecule has 0 bridgehead atoms. The Labute approximate surface area is 89.8 Å². The summed E-state index contributed by atoms with van der Waals surface area (Å²) in [6.07, 6.45) is 0. The summed E-state index contributed by atoms with van der Waals surface area (Å²) in [5.74, 6) is 0. The van der Waals surface area contributed by atoms with Crippen LogP contribution in [0.3, 0.4) is 0 Å². The van der Waals surface area contributed by atoms with E-state index in [-0.39, 0.29) is 0 Å². The van der Waals surface area contributed by atoms with Crippen LogP contribution < -0.4 is 4.35 Å². The standard InChI is InChI=1S/C6H5AsBrNO5/c8-4-1-2-6(9(13)14)5(3-4)7(10,11)12/h1-3H,(H2,10,11,12). The van der Waals surface area contributed by atoms with Gasteiger partial charge in [-0.25, -0.2) is 0 Å². The van der Waals surface area contributed by atoms with Crippen LogP contribution in [0.15, 0.2) is 22.7 Å². The van der Waals surface area contributed by atoms with E-state index in [1.807, 2.05) is 0 Å². The van der Waals surface area contributed by atoms with Crippen LogP contribution >= 0.6 is 15.9 Å². The van der Waals surface area contributed by atoms with Gasteiger partial charge in [0.05, 0.1) is 0 Å². The van der Waals surface area contributed by atoms with Crippen molar-refractivity contribution in [3.05, 3.63) is 32.8 Å². The zero-order valence-electron chi connectivity index (χ0n) is 6.62. The van der Waals surface area contributed by atoms with Gasteiger partial charge < -0.3 is 0 Å². The molecule has 1 rings (SSSR count). The molecule has 14 heavy (non-hydrogen) atoms. The van der Waals surface area contributed by atoms with Crippen molar-refractivity contribution in [3.8, 4) is 0 Å². The Morgan fingerprint density at radius 3 is 2.43 bits per heavy atom. The van der Waals surface area contributed by atoms with Crippen molar-refractivity contribution in [2.24, 2.45) is 0 Å². The summed E-state index contributed by atoms with van der Waals surface area (Å²) in [5, 5.41) is 10.4. The van der Waals surface area contributed by atoms with Crippen molar-refractivity contribution in [1.29, 1.82) is 0 Å². The van der Waals surface area contributed by atoms with Crippen LogP contribution in [0.4, 0.5) is 5.69 Å². The second-order valence-corrected chi connectivity index (χ2v) is 6.64. The molecule has 0 aromatic heterocycles.